The van der Waals surface area contributed by atoms with Gasteiger partial charge in [0, 0.05) is 12.1 Å². The lowest BCUT2D eigenvalue weighted by Crippen LogP contribution is -2.28. The van der Waals surface area contributed by atoms with E-state index in [1.54, 1.807) is 6.07 Å². The number of benzene rings is 1. The number of hydrogen-bond donors (Lipinski definition) is 1. The molecule has 0 spiro atoms. The number of aromatic nitrogens is 2. The van der Waals surface area contributed by atoms with Crippen LogP contribution in [-0.2, 0) is 6.42 Å². The van der Waals surface area contributed by atoms with Gasteiger partial charge >= 0.3 is 0 Å². The molecule has 0 saturated carbocycles. The van der Waals surface area contributed by atoms with Gasteiger partial charge in [-0.2, -0.15) is 9.78 Å². The van der Waals surface area contributed by atoms with Crippen LogP contribution in [0.2, 0.25) is 0 Å². The van der Waals surface area contributed by atoms with Gasteiger partial charge in [-0.05, 0) is 49.4 Å². The SMILES string of the molecule is Cc1cccc(-n2nc3c(cc2=O)CCCC3N)c1. The van der Waals surface area contributed by atoms with Crippen molar-refractivity contribution in [3.63, 3.8) is 0 Å². The van der Waals surface area contributed by atoms with Crippen molar-refractivity contribution in [1.82, 2.24) is 9.78 Å². The van der Waals surface area contributed by atoms with Gasteiger partial charge in [-0.25, -0.2) is 0 Å². The average Bonchev–Trinajstić information content (AvgIpc) is 2.38. The summed E-state index contributed by atoms with van der Waals surface area (Å²) in [7, 11) is 0. The van der Waals surface area contributed by atoms with E-state index in [4.69, 9.17) is 5.73 Å². The number of rotatable bonds is 1. The first-order chi connectivity index (χ1) is 9.15. The van der Waals surface area contributed by atoms with Gasteiger partial charge < -0.3 is 5.73 Å². The van der Waals surface area contributed by atoms with E-state index in [-0.39, 0.29) is 11.6 Å². The molecule has 4 heteroatoms. The van der Waals surface area contributed by atoms with Crippen molar-refractivity contribution in [1.29, 1.82) is 0 Å². The van der Waals surface area contributed by atoms with E-state index in [1.807, 2.05) is 31.2 Å². The van der Waals surface area contributed by atoms with Crippen LogP contribution in [0.25, 0.3) is 5.69 Å². The van der Waals surface area contributed by atoms with E-state index in [0.717, 1.165) is 41.8 Å². The van der Waals surface area contributed by atoms with E-state index < -0.39 is 0 Å². The number of fused-ring (bicyclic) bond motifs is 1. The van der Waals surface area contributed by atoms with Crippen LogP contribution < -0.4 is 11.3 Å². The van der Waals surface area contributed by atoms with E-state index >= 15 is 0 Å². The van der Waals surface area contributed by atoms with Crippen LogP contribution in [0.4, 0.5) is 0 Å². The normalized spacial score (nSPS) is 18.1. The van der Waals surface area contributed by atoms with Crippen LogP contribution in [0.15, 0.2) is 35.1 Å². The molecule has 19 heavy (non-hydrogen) atoms. The van der Waals surface area contributed by atoms with Crippen molar-refractivity contribution in [3.05, 3.63) is 57.5 Å². The summed E-state index contributed by atoms with van der Waals surface area (Å²) in [6.07, 6.45) is 2.87. The Morgan fingerprint density at radius 2 is 2.21 bits per heavy atom. The van der Waals surface area contributed by atoms with Crippen molar-refractivity contribution in [3.8, 4) is 5.69 Å². The van der Waals surface area contributed by atoms with Gasteiger partial charge in [-0.15, -0.1) is 0 Å². The molecule has 1 aliphatic rings. The second-order valence-corrected chi connectivity index (χ2v) is 5.14. The smallest absolute Gasteiger partial charge is 0.271 e. The van der Waals surface area contributed by atoms with Gasteiger partial charge in [-0.1, -0.05) is 12.1 Å². The fraction of sp³-hybridized carbons (Fsp3) is 0.333. The quantitative estimate of drug-likeness (QED) is 0.846. The highest BCUT2D eigenvalue weighted by Crippen LogP contribution is 2.25. The highest BCUT2D eigenvalue weighted by molar-refractivity contribution is 5.35. The minimum atomic E-state index is -0.0848. The summed E-state index contributed by atoms with van der Waals surface area (Å²) in [4.78, 5) is 12.2. The van der Waals surface area contributed by atoms with Crippen LogP contribution in [0, 0.1) is 6.92 Å². The molecule has 0 radical (unpaired) electrons. The molecule has 1 heterocycles. The fourth-order valence-electron chi connectivity index (χ4n) is 2.61. The second-order valence-electron chi connectivity index (χ2n) is 5.14. The third-order valence-electron chi connectivity index (χ3n) is 3.60. The van der Waals surface area contributed by atoms with E-state index in [9.17, 15) is 4.79 Å². The molecule has 98 valence electrons. The first-order valence-corrected chi connectivity index (χ1v) is 6.61. The summed E-state index contributed by atoms with van der Waals surface area (Å²) in [6.45, 7) is 2.00. The lowest BCUT2D eigenvalue weighted by molar-refractivity contribution is 0.532. The molecule has 1 aliphatic carbocycles. The summed E-state index contributed by atoms with van der Waals surface area (Å²) in [6, 6.07) is 9.40. The van der Waals surface area contributed by atoms with Gasteiger partial charge in [0.05, 0.1) is 11.4 Å². The first-order valence-electron chi connectivity index (χ1n) is 6.61. The molecule has 0 bridgehead atoms. The minimum Gasteiger partial charge on any atom is -0.323 e. The summed E-state index contributed by atoms with van der Waals surface area (Å²) in [5, 5.41) is 4.48. The lowest BCUT2D eigenvalue weighted by atomic mass is 9.93. The molecule has 4 nitrogen and oxygen atoms in total. The number of nitrogens with two attached hydrogens (primary N) is 1. The highest BCUT2D eigenvalue weighted by Gasteiger charge is 2.20. The minimum absolute atomic E-state index is 0.0552. The van der Waals surface area contributed by atoms with Crippen molar-refractivity contribution < 1.29 is 0 Å². The molecular formula is C15H17N3O. The zero-order valence-electron chi connectivity index (χ0n) is 11.0. The van der Waals surface area contributed by atoms with Gasteiger partial charge in [0.2, 0.25) is 0 Å². The van der Waals surface area contributed by atoms with Crippen LogP contribution in [0.1, 0.15) is 35.7 Å². The lowest BCUT2D eigenvalue weighted by Gasteiger charge is -2.21. The molecule has 1 unspecified atom stereocenters. The molecular weight excluding hydrogens is 238 g/mol. The van der Waals surface area contributed by atoms with Crippen LogP contribution in [0.3, 0.4) is 0 Å². The number of aryl methyl sites for hydroxylation is 2. The Hall–Kier alpha value is -1.94. The summed E-state index contributed by atoms with van der Waals surface area (Å²) in [5.41, 5.74) is 9.79. The van der Waals surface area contributed by atoms with E-state index in [2.05, 4.69) is 5.10 Å². The monoisotopic (exact) mass is 255 g/mol. The standard InChI is InChI=1S/C15H17N3O/c1-10-4-2-6-12(8-10)18-14(19)9-11-5-3-7-13(16)15(11)17-18/h2,4,6,8-9,13H,3,5,7,16H2,1H3. The van der Waals surface area contributed by atoms with Gasteiger partial charge in [0.15, 0.2) is 0 Å². The van der Waals surface area contributed by atoms with E-state index in [1.165, 1.54) is 4.68 Å². The summed E-state index contributed by atoms with van der Waals surface area (Å²) >= 11 is 0. The van der Waals surface area contributed by atoms with Gasteiger partial charge in [0.25, 0.3) is 5.56 Å². The number of hydrogen-bond acceptors (Lipinski definition) is 3. The Bertz CT molecular complexity index is 675. The third-order valence-corrected chi connectivity index (χ3v) is 3.60. The Morgan fingerprint density at radius 3 is 3.00 bits per heavy atom. The maximum atomic E-state index is 12.2. The van der Waals surface area contributed by atoms with E-state index in [0.29, 0.717) is 0 Å². The van der Waals surface area contributed by atoms with Gasteiger partial charge in [-0.3, -0.25) is 4.79 Å². The fourth-order valence-corrected chi connectivity index (χ4v) is 2.61. The molecule has 0 fully saturated rings. The predicted molar refractivity (Wildman–Crippen MR) is 74.4 cm³/mol. The number of nitrogens with zero attached hydrogens (tertiary/aromatic N) is 2. The Kier molecular flexibility index (Phi) is 2.95. The molecule has 2 N–H and O–H groups in total. The Labute approximate surface area is 111 Å². The van der Waals surface area contributed by atoms with Crippen LogP contribution >= 0.6 is 0 Å². The first kappa shape index (κ1) is 12.1. The van der Waals surface area contributed by atoms with Crippen molar-refractivity contribution >= 4 is 0 Å². The van der Waals surface area contributed by atoms with Crippen molar-refractivity contribution in [2.24, 2.45) is 5.73 Å². The molecule has 1 atom stereocenters. The third kappa shape index (κ3) is 2.19. The van der Waals surface area contributed by atoms with Gasteiger partial charge in [0.1, 0.15) is 0 Å². The molecule has 1 aromatic carbocycles. The predicted octanol–water partition coefficient (Wildman–Crippen LogP) is 1.88. The van der Waals surface area contributed by atoms with Crippen LogP contribution in [-0.4, -0.2) is 9.78 Å². The second kappa shape index (κ2) is 4.63. The average molecular weight is 255 g/mol. The topological polar surface area (TPSA) is 60.9 Å². The Morgan fingerprint density at radius 1 is 1.37 bits per heavy atom. The molecule has 2 aromatic rings. The summed E-state index contributed by atoms with van der Waals surface area (Å²) in [5.74, 6) is 0. The molecule has 0 amide bonds. The molecule has 3 rings (SSSR count). The maximum Gasteiger partial charge on any atom is 0.271 e. The molecule has 0 aliphatic heterocycles. The molecule has 0 saturated heterocycles. The molecule has 1 aromatic heterocycles. The highest BCUT2D eigenvalue weighted by atomic mass is 16.1. The zero-order chi connectivity index (χ0) is 13.4. The maximum absolute atomic E-state index is 12.2. The largest absolute Gasteiger partial charge is 0.323 e. The Balaban J connectivity index is 2.17. The summed E-state index contributed by atoms with van der Waals surface area (Å²) < 4.78 is 1.46. The van der Waals surface area contributed by atoms with Crippen LogP contribution in [0.5, 0.6) is 0 Å². The zero-order valence-corrected chi connectivity index (χ0v) is 11.0. The van der Waals surface area contributed by atoms with Crippen molar-refractivity contribution in [2.45, 2.75) is 32.2 Å². The van der Waals surface area contributed by atoms with Crippen molar-refractivity contribution in [2.75, 3.05) is 0 Å².